The van der Waals surface area contributed by atoms with Crippen molar-refractivity contribution in [3.8, 4) is 0 Å². The van der Waals surface area contributed by atoms with Crippen LogP contribution in [0.15, 0.2) is 29.2 Å². The third kappa shape index (κ3) is 3.44. The molecule has 2 fully saturated rings. The van der Waals surface area contributed by atoms with Gasteiger partial charge in [0.25, 0.3) is 17.1 Å². The van der Waals surface area contributed by atoms with Crippen LogP contribution in [0.4, 0.5) is 5.82 Å². The van der Waals surface area contributed by atoms with Crippen molar-refractivity contribution in [1.82, 2.24) is 14.3 Å². The van der Waals surface area contributed by atoms with Gasteiger partial charge >= 0.3 is 0 Å². The van der Waals surface area contributed by atoms with Gasteiger partial charge in [-0.1, -0.05) is 11.1 Å². The van der Waals surface area contributed by atoms with Gasteiger partial charge in [0.15, 0.2) is 0 Å². The van der Waals surface area contributed by atoms with Crippen molar-refractivity contribution in [2.24, 2.45) is 0 Å². The standard InChI is InChI=1S/C23H27N5O3/c1-15-7-5-11-27-20(15)25-21-18(23(27)30)13-17(22(29)26-9-3-2-4-10-26)19(24)28(21)14-16-8-6-12-31-16/h5,7,11,13,16,24H,2-4,6,8-10,12,14H2,1H3/p+1/t16-/m1/s1. The zero-order chi connectivity index (χ0) is 21.5. The second-order valence-electron chi connectivity index (χ2n) is 8.58. The molecule has 31 heavy (non-hydrogen) atoms. The van der Waals surface area contributed by atoms with E-state index in [1.54, 1.807) is 16.7 Å². The Balaban J connectivity index is 1.75. The largest absolute Gasteiger partial charge is 0.375 e. The van der Waals surface area contributed by atoms with E-state index in [1.165, 1.54) is 0 Å². The summed E-state index contributed by atoms with van der Waals surface area (Å²) in [6.45, 7) is 4.55. The number of hydrogen-bond donors (Lipinski definition) is 1. The molecule has 2 N–H and O–H groups in total. The van der Waals surface area contributed by atoms with Gasteiger partial charge in [0.05, 0.1) is 12.6 Å². The number of nitrogens with zero attached hydrogens (tertiary/aromatic N) is 4. The Hall–Kier alpha value is -3.00. The lowest BCUT2D eigenvalue weighted by molar-refractivity contribution is -0.666. The van der Waals surface area contributed by atoms with E-state index in [4.69, 9.17) is 15.5 Å². The number of ether oxygens (including phenoxy) is 1. The maximum Gasteiger partial charge on any atom is 0.278 e. The van der Waals surface area contributed by atoms with E-state index >= 15 is 0 Å². The molecule has 0 aromatic carbocycles. The molecule has 1 amide bonds. The Morgan fingerprint density at radius 2 is 2.10 bits per heavy atom. The van der Waals surface area contributed by atoms with Gasteiger partial charge in [-0.15, -0.1) is 0 Å². The van der Waals surface area contributed by atoms with E-state index in [-0.39, 0.29) is 17.6 Å². The van der Waals surface area contributed by atoms with Crippen molar-refractivity contribution in [3.63, 3.8) is 0 Å². The van der Waals surface area contributed by atoms with Crippen molar-refractivity contribution in [2.45, 2.75) is 51.7 Å². The number of hydrogen-bond acceptors (Lipinski definition) is 5. The van der Waals surface area contributed by atoms with E-state index in [1.807, 2.05) is 28.5 Å². The summed E-state index contributed by atoms with van der Waals surface area (Å²) in [6, 6.07) is 5.39. The monoisotopic (exact) mass is 422 g/mol. The van der Waals surface area contributed by atoms with Crippen LogP contribution in [-0.4, -0.2) is 46.0 Å². The SMILES string of the molecule is Cc1cccn2c(=O)c3cc(C(=O)N4CCCCC4)c(N)[n+](C[C@H]4CCCO4)c3nc12. The molecule has 8 nitrogen and oxygen atoms in total. The second kappa shape index (κ2) is 7.92. The Kier molecular flexibility index (Phi) is 5.09. The van der Waals surface area contributed by atoms with Crippen molar-refractivity contribution in [1.29, 1.82) is 0 Å². The number of aryl methyl sites for hydroxylation is 1. The molecule has 1 atom stereocenters. The molecular weight excluding hydrogens is 394 g/mol. The first kappa shape index (κ1) is 19.9. The van der Waals surface area contributed by atoms with E-state index in [2.05, 4.69) is 0 Å². The van der Waals surface area contributed by atoms with Crippen LogP contribution in [0.2, 0.25) is 0 Å². The lowest BCUT2D eigenvalue weighted by Gasteiger charge is -2.27. The molecule has 162 valence electrons. The molecule has 3 aromatic rings. The highest BCUT2D eigenvalue weighted by molar-refractivity contribution is 6.00. The lowest BCUT2D eigenvalue weighted by atomic mass is 10.1. The molecule has 0 saturated carbocycles. The minimum Gasteiger partial charge on any atom is -0.375 e. The number of nitrogen functional groups attached to an aromatic ring is 1. The molecule has 2 saturated heterocycles. The molecule has 5 rings (SSSR count). The molecule has 2 aliphatic heterocycles. The highest BCUT2D eigenvalue weighted by Gasteiger charge is 2.30. The van der Waals surface area contributed by atoms with Gasteiger partial charge in [-0.3, -0.25) is 14.0 Å². The molecule has 0 radical (unpaired) electrons. The average molecular weight is 423 g/mol. The van der Waals surface area contributed by atoms with E-state index in [9.17, 15) is 9.59 Å². The Labute approximate surface area is 180 Å². The summed E-state index contributed by atoms with van der Waals surface area (Å²) in [4.78, 5) is 33.4. The Morgan fingerprint density at radius 1 is 1.29 bits per heavy atom. The van der Waals surface area contributed by atoms with Crippen LogP contribution in [0.25, 0.3) is 16.7 Å². The molecular formula is C23H28N5O3+. The van der Waals surface area contributed by atoms with Crippen molar-refractivity contribution in [3.05, 3.63) is 45.9 Å². The van der Waals surface area contributed by atoms with Gasteiger partial charge in [0.1, 0.15) is 10.9 Å². The molecule has 3 aromatic heterocycles. The number of pyridine rings is 2. The van der Waals surface area contributed by atoms with Crippen LogP contribution < -0.4 is 15.9 Å². The van der Waals surface area contributed by atoms with E-state index < -0.39 is 0 Å². The summed E-state index contributed by atoms with van der Waals surface area (Å²) < 4.78 is 9.19. The molecule has 5 heterocycles. The predicted octanol–water partition coefficient (Wildman–Crippen LogP) is 1.83. The van der Waals surface area contributed by atoms with Gasteiger partial charge in [-0.2, -0.15) is 0 Å². The van der Waals surface area contributed by atoms with Gasteiger partial charge in [0, 0.05) is 31.5 Å². The van der Waals surface area contributed by atoms with Crippen molar-refractivity contribution >= 4 is 28.4 Å². The topological polar surface area (TPSA) is 93.8 Å². The average Bonchev–Trinajstić information content (AvgIpc) is 3.30. The summed E-state index contributed by atoms with van der Waals surface area (Å²) in [6.07, 6.45) is 6.73. The van der Waals surface area contributed by atoms with Gasteiger partial charge in [0.2, 0.25) is 11.5 Å². The molecule has 8 heteroatoms. The fraction of sp³-hybridized carbons (Fsp3) is 0.478. The maximum atomic E-state index is 13.4. The van der Waals surface area contributed by atoms with Crippen LogP contribution in [0.3, 0.4) is 0 Å². The van der Waals surface area contributed by atoms with Crippen LogP contribution in [-0.2, 0) is 11.3 Å². The highest BCUT2D eigenvalue weighted by atomic mass is 16.5. The summed E-state index contributed by atoms with van der Waals surface area (Å²) in [7, 11) is 0. The van der Waals surface area contributed by atoms with Crippen molar-refractivity contribution in [2.75, 3.05) is 25.4 Å². The third-order valence-electron chi connectivity index (χ3n) is 6.46. The normalized spacial score (nSPS) is 19.4. The predicted molar refractivity (Wildman–Crippen MR) is 117 cm³/mol. The summed E-state index contributed by atoms with van der Waals surface area (Å²) >= 11 is 0. The molecule has 0 aliphatic carbocycles. The van der Waals surface area contributed by atoms with Crippen molar-refractivity contribution < 1.29 is 14.1 Å². The molecule has 2 aliphatic rings. The number of amides is 1. The minimum absolute atomic E-state index is 0.00652. The molecule has 0 unspecified atom stereocenters. The fourth-order valence-corrected chi connectivity index (χ4v) is 4.73. The molecule has 0 spiro atoms. The number of carbonyl (C=O) groups excluding carboxylic acids is 1. The van der Waals surface area contributed by atoms with Crippen LogP contribution >= 0.6 is 0 Å². The van der Waals surface area contributed by atoms with E-state index in [0.717, 1.165) is 50.8 Å². The summed E-state index contributed by atoms with van der Waals surface area (Å²) in [5, 5.41) is 0.399. The molecule has 0 bridgehead atoms. The quantitative estimate of drug-likeness (QED) is 0.513. The smallest absolute Gasteiger partial charge is 0.278 e. The zero-order valence-electron chi connectivity index (χ0n) is 17.8. The zero-order valence-corrected chi connectivity index (χ0v) is 17.8. The summed E-state index contributed by atoms with van der Waals surface area (Å²) in [5.74, 6) is 0.234. The number of carbonyl (C=O) groups is 1. The number of fused-ring (bicyclic) bond motifs is 2. The third-order valence-corrected chi connectivity index (χ3v) is 6.46. The Bertz CT molecular complexity index is 1220. The van der Waals surface area contributed by atoms with Crippen LogP contribution in [0.1, 0.15) is 48.0 Å². The number of likely N-dealkylation sites (tertiary alicyclic amines) is 1. The van der Waals surface area contributed by atoms with Crippen LogP contribution in [0, 0.1) is 6.92 Å². The van der Waals surface area contributed by atoms with E-state index in [0.29, 0.717) is 41.2 Å². The van der Waals surface area contributed by atoms with Crippen LogP contribution in [0.5, 0.6) is 0 Å². The number of piperidine rings is 1. The number of rotatable bonds is 3. The summed E-state index contributed by atoms with van der Waals surface area (Å²) in [5.41, 5.74) is 8.75. The van der Waals surface area contributed by atoms with Gasteiger partial charge in [-0.05, 0) is 51.2 Å². The first-order valence-electron chi connectivity index (χ1n) is 11.1. The van der Waals surface area contributed by atoms with Gasteiger partial charge < -0.3 is 15.4 Å². The fourth-order valence-electron chi connectivity index (χ4n) is 4.73. The first-order chi connectivity index (χ1) is 15.0. The van der Waals surface area contributed by atoms with Gasteiger partial charge in [-0.25, -0.2) is 4.57 Å². The Morgan fingerprint density at radius 3 is 2.84 bits per heavy atom. The minimum atomic E-state index is -0.197. The lowest BCUT2D eigenvalue weighted by Crippen LogP contribution is -2.47. The second-order valence-corrected chi connectivity index (χ2v) is 8.58. The first-order valence-corrected chi connectivity index (χ1v) is 11.1. The highest BCUT2D eigenvalue weighted by Crippen LogP contribution is 2.21. The maximum absolute atomic E-state index is 13.4. The number of aromatic nitrogens is 3. The number of anilines is 1. The number of nitrogens with two attached hydrogens (primary N) is 1.